The Labute approximate surface area is 102 Å². The molecule has 1 saturated heterocycles. The maximum Gasteiger partial charge on any atom is 0.229 e. The van der Waals surface area contributed by atoms with E-state index >= 15 is 0 Å². The topological polar surface area (TPSA) is 96.5 Å². The average molecular weight is 256 g/mol. The standard InChI is InChI=1S/C10H10ClN3O3/c11-6-2-7(15)10(13-3-6)14-4-5(9(12)17)1-8(14)16/h2-3,5,15H,1,4H2,(H2,12,17). The number of aromatic hydroxyl groups is 1. The van der Waals surface area contributed by atoms with Gasteiger partial charge >= 0.3 is 0 Å². The summed E-state index contributed by atoms with van der Waals surface area (Å²) in [7, 11) is 0. The quantitative estimate of drug-likeness (QED) is 0.793. The van der Waals surface area contributed by atoms with Gasteiger partial charge in [-0.05, 0) is 0 Å². The van der Waals surface area contributed by atoms with Gasteiger partial charge in [0.05, 0.1) is 10.9 Å². The molecule has 1 aromatic heterocycles. The monoisotopic (exact) mass is 255 g/mol. The number of anilines is 1. The minimum Gasteiger partial charge on any atom is -0.504 e. The zero-order valence-electron chi connectivity index (χ0n) is 8.76. The number of primary amides is 1. The number of pyridine rings is 1. The highest BCUT2D eigenvalue weighted by atomic mass is 35.5. The number of carbonyl (C=O) groups is 2. The summed E-state index contributed by atoms with van der Waals surface area (Å²) in [6, 6.07) is 1.29. The van der Waals surface area contributed by atoms with Gasteiger partial charge in [0.1, 0.15) is 0 Å². The molecule has 1 aliphatic heterocycles. The molecule has 17 heavy (non-hydrogen) atoms. The van der Waals surface area contributed by atoms with Crippen molar-refractivity contribution in [2.24, 2.45) is 11.7 Å². The average Bonchev–Trinajstić information content (AvgIpc) is 2.61. The summed E-state index contributed by atoms with van der Waals surface area (Å²) < 4.78 is 0. The molecule has 0 spiro atoms. The van der Waals surface area contributed by atoms with Crippen molar-refractivity contribution in [2.45, 2.75) is 6.42 Å². The summed E-state index contributed by atoms with van der Waals surface area (Å²) in [4.78, 5) is 27.8. The van der Waals surface area contributed by atoms with Crippen molar-refractivity contribution in [1.29, 1.82) is 0 Å². The summed E-state index contributed by atoms with van der Waals surface area (Å²) in [5.74, 6) is -1.47. The molecule has 6 nitrogen and oxygen atoms in total. The first-order valence-corrected chi connectivity index (χ1v) is 5.31. The number of carbonyl (C=O) groups excluding carboxylic acids is 2. The summed E-state index contributed by atoms with van der Waals surface area (Å²) in [5, 5.41) is 9.91. The normalized spacial score (nSPS) is 19.7. The van der Waals surface area contributed by atoms with Crippen LogP contribution in [0.15, 0.2) is 12.3 Å². The minimum atomic E-state index is -0.542. The molecule has 90 valence electrons. The van der Waals surface area contributed by atoms with E-state index in [0.717, 1.165) is 0 Å². The van der Waals surface area contributed by atoms with Crippen LogP contribution in [0.2, 0.25) is 5.02 Å². The van der Waals surface area contributed by atoms with Crippen LogP contribution in [0.5, 0.6) is 5.75 Å². The number of aromatic nitrogens is 1. The molecule has 0 bridgehead atoms. The minimum absolute atomic E-state index is 0.0408. The third-order valence-electron chi connectivity index (χ3n) is 2.60. The zero-order valence-corrected chi connectivity index (χ0v) is 9.52. The molecule has 1 fully saturated rings. The van der Waals surface area contributed by atoms with Gasteiger partial charge in [0.15, 0.2) is 11.6 Å². The smallest absolute Gasteiger partial charge is 0.229 e. The van der Waals surface area contributed by atoms with Crippen molar-refractivity contribution >= 4 is 29.2 Å². The summed E-state index contributed by atoms with van der Waals surface area (Å²) in [5.41, 5.74) is 5.14. The first-order valence-electron chi connectivity index (χ1n) is 4.93. The first-order chi connectivity index (χ1) is 7.99. The molecular weight excluding hydrogens is 246 g/mol. The molecule has 1 unspecified atom stereocenters. The molecule has 3 N–H and O–H groups in total. The SMILES string of the molecule is NC(=O)C1CC(=O)N(c2ncc(Cl)cc2O)C1. The van der Waals surface area contributed by atoms with Crippen LogP contribution in [-0.4, -0.2) is 28.4 Å². The van der Waals surface area contributed by atoms with Gasteiger partial charge in [-0.15, -0.1) is 0 Å². The Balaban J connectivity index is 2.29. The molecule has 0 radical (unpaired) electrons. The van der Waals surface area contributed by atoms with Crippen LogP contribution in [0.25, 0.3) is 0 Å². The highest BCUT2D eigenvalue weighted by molar-refractivity contribution is 6.30. The van der Waals surface area contributed by atoms with Crippen LogP contribution in [0.3, 0.4) is 0 Å². The van der Waals surface area contributed by atoms with Crippen molar-refractivity contribution in [3.05, 3.63) is 17.3 Å². The summed E-state index contributed by atoms with van der Waals surface area (Å²) in [6.07, 6.45) is 1.36. The second-order valence-electron chi connectivity index (χ2n) is 3.80. The second kappa shape index (κ2) is 4.21. The van der Waals surface area contributed by atoms with Crippen molar-refractivity contribution < 1.29 is 14.7 Å². The Morgan fingerprint density at radius 1 is 1.65 bits per heavy atom. The second-order valence-corrected chi connectivity index (χ2v) is 4.24. The number of nitrogens with two attached hydrogens (primary N) is 1. The summed E-state index contributed by atoms with van der Waals surface area (Å²) in [6.45, 7) is 0.135. The van der Waals surface area contributed by atoms with Gasteiger partial charge in [0.2, 0.25) is 11.8 Å². The maximum absolute atomic E-state index is 11.7. The van der Waals surface area contributed by atoms with Crippen molar-refractivity contribution in [3.63, 3.8) is 0 Å². The van der Waals surface area contributed by atoms with E-state index in [-0.39, 0.29) is 35.5 Å². The predicted molar refractivity (Wildman–Crippen MR) is 60.6 cm³/mol. The Bertz CT molecular complexity index is 492. The third-order valence-corrected chi connectivity index (χ3v) is 2.80. The molecule has 1 aliphatic rings. The Hall–Kier alpha value is -1.82. The van der Waals surface area contributed by atoms with Crippen LogP contribution in [0.4, 0.5) is 5.82 Å². The third kappa shape index (κ3) is 2.16. The summed E-state index contributed by atoms with van der Waals surface area (Å²) >= 11 is 5.64. The largest absolute Gasteiger partial charge is 0.504 e. The Morgan fingerprint density at radius 2 is 2.35 bits per heavy atom. The Kier molecular flexibility index (Phi) is 2.89. The van der Waals surface area contributed by atoms with Crippen LogP contribution in [-0.2, 0) is 9.59 Å². The molecular formula is C10H10ClN3O3. The number of hydrogen-bond donors (Lipinski definition) is 2. The van der Waals surface area contributed by atoms with Gasteiger partial charge in [0, 0.05) is 25.2 Å². The van der Waals surface area contributed by atoms with Crippen LogP contribution in [0.1, 0.15) is 6.42 Å². The molecule has 0 saturated carbocycles. The molecule has 1 atom stereocenters. The lowest BCUT2D eigenvalue weighted by molar-refractivity contribution is -0.123. The number of hydrogen-bond acceptors (Lipinski definition) is 4. The van der Waals surface area contributed by atoms with Gasteiger partial charge in [-0.1, -0.05) is 11.6 Å². The number of halogens is 1. The van der Waals surface area contributed by atoms with E-state index in [2.05, 4.69) is 4.98 Å². The fourth-order valence-electron chi connectivity index (χ4n) is 1.73. The molecule has 2 heterocycles. The molecule has 2 rings (SSSR count). The predicted octanol–water partition coefficient (Wildman–Crippen LogP) is 0.279. The lowest BCUT2D eigenvalue weighted by Crippen LogP contribution is -2.29. The molecule has 0 aromatic carbocycles. The lowest BCUT2D eigenvalue weighted by atomic mass is 10.1. The Morgan fingerprint density at radius 3 is 2.88 bits per heavy atom. The van der Waals surface area contributed by atoms with Gasteiger partial charge < -0.3 is 10.8 Å². The van der Waals surface area contributed by atoms with Crippen molar-refractivity contribution in [2.75, 3.05) is 11.4 Å². The molecule has 1 aromatic rings. The van der Waals surface area contributed by atoms with Gasteiger partial charge in [0.25, 0.3) is 0 Å². The van der Waals surface area contributed by atoms with E-state index in [4.69, 9.17) is 17.3 Å². The molecule has 2 amide bonds. The maximum atomic E-state index is 11.7. The van der Waals surface area contributed by atoms with E-state index in [0.29, 0.717) is 0 Å². The van der Waals surface area contributed by atoms with Gasteiger partial charge in [-0.3, -0.25) is 14.5 Å². The van der Waals surface area contributed by atoms with Crippen LogP contribution >= 0.6 is 11.6 Å². The highest BCUT2D eigenvalue weighted by Gasteiger charge is 2.35. The number of nitrogens with zero attached hydrogens (tertiary/aromatic N) is 2. The van der Waals surface area contributed by atoms with Crippen LogP contribution in [0, 0.1) is 5.92 Å². The zero-order chi connectivity index (χ0) is 12.6. The van der Waals surface area contributed by atoms with E-state index < -0.39 is 11.8 Å². The molecule has 7 heteroatoms. The van der Waals surface area contributed by atoms with E-state index in [1.165, 1.54) is 17.2 Å². The van der Waals surface area contributed by atoms with Crippen molar-refractivity contribution in [3.8, 4) is 5.75 Å². The van der Waals surface area contributed by atoms with E-state index in [1.807, 2.05) is 0 Å². The van der Waals surface area contributed by atoms with Crippen molar-refractivity contribution in [1.82, 2.24) is 4.98 Å². The molecule has 0 aliphatic carbocycles. The fraction of sp³-hybridized carbons (Fsp3) is 0.300. The fourth-order valence-corrected chi connectivity index (χ4v) is 1.88. The number of amides is 2. The lowest BCUT2D eigenvalue weighted by Gasteiger charge is -2.16. The van der Waals surface area contributed by atoms with Gasteiger partial charge in [-0.25, -0.2) is 4.98 Å². The highest BCUT2D eigenvalue weighted by Crippen LogP contribution is 2.31. The van der Waals surface area contributed by atoms with Gasteiger partial charge in [-0.2, -0.15) is 0 Å². The van der Waals surface area contributed by atoms with Crippen LogP contribution < -0.4 is 10.6 Å². The van der Waals surface area contributed by atoms with E-state index in [1.54, 1.807) is 0 Å². The first kappa shape index (κ1) is 11.7. The van der Waals surface area contributed by atoms with E-state index in [9.17, 15) is 14.7 Å². The number of rotatable bonds is 2.